The third-order valence-corrected chi connectivity index (χ3v) is 0.274. The highest BCUT2D eigenvalue weighted by molar-refractivity contribution is 7.78. The quantitative estimate of drug-likeness (QED) is 0.316. The normalized spacial score (nSPS) is 5.25. The van der Waals surface area contributed by atoms with Gasteiger partial charge in [-0.3, -0.25) is 0 Å². The van der Waals surface area contributed by atoms with Crippen molar-refractivity contribution in [3.05, 3.63) is 0 Å². The molecule has 0 atom stereocenters. The fourth-order valence-electron chi connectivity index (χ4n) is 0. The van der Waals surface area contributed by atoms with Gasteiger partial charge in [-0.1, -0.05) is 0 Å². The third kappa shape index (κ3) is 1.89. The Hall–Kier alpha value is -0.110. The highest BCUT2D eigenvalue weighted by atomic mass is 32.1. The van der Waals surface area contributed by atoms with E-state index in [0.717, 1.165) is 0 Å². The van der Waals surface area contributed by atoms with E-state index in [9.17, 15) is 0 Å². The van der Waals surface area contributed by atoms with Crippen LogP contribution >= 0.6 is 12.2 Å². The van der Waals surface area contributed by atoms with Gasteiger partial charge in [-0.15, -0.1) is 0 Å². The first-order valence-electron chi connectivity index (χ1n) is 0.875. The molecule has 23 valence electrons. The van der Waals surface area contributed by atoms with E-state index in [1.54, 1.807) is 7.11 Å². The van der Waals surface area contributed by atoms with Gasteiger partial charge in [0, 0.05) is 12.2 Å². The highest BCUT2D eigenvalue weighted by Gasteiger charge is 1.52. The zero-order chi connectivity index (χ0) is 3.41. The van der Waals surface area contributed by atoms with Gasteiger partial charge in [0.2, 0.25) is 0 Å². The summed E-state index contributed by atoms with van der Waals surface area (Å²) in [5, 5.41) is 0. The Morgan fingerprint density at radius 3 is 2.25 bits per heavy atom. The van der Waals surface area contributed by atoms with Crippen LogP contribution < -0.4 is 0 Å². The van der Waals surface area contributed by atoms with E-state index in [-0.39, 0.29) is 0 Å². The van der Waals surface area contributed by atoms with Crippen molar-refractivity contribution in [1.29, 1.82) is 0 Å². The molecule has 2 heteroatoms. The van der Waals surface area contributed by atoms with E-state index in [4.69, 9.17) is 0 Å². The molecule has 4 heavy (non-hydrogen) atoms. The second-order valence-corrected chi connectivity index (χ2v) is 0.497. The Morgan fingerprint density at radius 1 is 2.00 bits per heavy atom. The number of aliphatic hydroxyl groups is 2. The summed E-state index contributed by atoms with van der Waals surface area (Å²) in [7, 11) is 1.59. The summed E-state index contributed by atoms with van der Waals surface area (Å²) in [6, 6.07) is 0. The first-order valence-corrected chi connectivity index (χ1v) is 1.28. The summed E-state index contributed by atoms with van der Waals surface area (Å²) in [6.07, 6.45) is 0. The van der Waals surface area contributed by atoms with Crippen LogP contribution in [0.4, 0.5) is 0 Å². The molecule has 0 aliphatic rings. The summed E-state index contributed by atoms with van der Waals surface area (Å²) < 4.78 is 3.30. The van der Waals surface area contributed by atoms with Crippen LogP contribution in [0.15, 0.2) is 0 Å². The van der Waals surface area contributed by atoms with Gasteiger partial charge in [-0.25, -0.2) is 0 Å². The standard InChI is InChI=1S/C2H4OS/c1-3-2-4/h3H,1H3/q+1. The fourth-order valence-corrected chi connectivity index (χ4v) is 0. The number of thiocarbonyl (C=S) groups is 1. The predicted molar refractivity (Wildman–Crippen MR) is 20.7 cm³/mol. The van der Waals surface area contributed by atoms with Gasteiger partial charge in [0.15, 0.2) is 7.11 Å². The summed E-state index contributed by atoms with van der Waals surface area (Å²) in [4.78, 5) is 0. The Balaban J connectivity index is 2.30. The second kappa shape index (κ2) is 2.89. The molecule has 0 rings (SSSR count). The van der Waals surface area contributed by atoms with Crippen molar-refractivity contribution in [2.24, 2.45) is 0 Å². The van der Waals surface area contributed by atoms with E-state index in [0.29, 0.717) is 0 Å². The van der Waals surface area contributed by atoms with E-state index in [1.165, 1.54) is 0 Å². The summed E-state index contributed by atoms with van der Waals surface area (Å²) in [6.45, 7) is 0. The molecule has 0 aromatic rings. The van der Waals surface area contributed by atoms with Crippen LogP contribution in [0.1, 0.15) is 0 Å². The highest BCUT2D eigenvalue weighted by Crippen LogP contribution is 1.38. The largest absolute Gasteiger partial charge is 0.569 e. The number of rotatable bonds is 1. The molecule has 0 fully saturated rings. The van der Waals surface area contributed by atoms with Crippen LogP contribution in [0.25, 0.3) is 0 Å². The average molecular weight is 76.1 g/mol. The van der Waals surface area contributed by atoms with E-state index in [1.807, 2.05) is 0 Å². The van der Waals surface area contributed by atoms with Crippen LogP contribution in [0.3, 0.4) is 0 Å². The van der Waals surface area contributed by atoms with Crippen molar-refractivity contribution in [1.82, 2.24) is 0 Å². The van der Waals surface area contributed by atoms with Crippen LogP contribution in [0.2, 0.25) is 0 Å². The van der Waals surface area contributed by atoms with Gasteiger partial charge in [0.25, 0.3) is 0 Å². The predicted octanol–water partition coefficient (Wildman–Crippen LogP) is -0.0216. The Kier molecular flexibility index (Phi) is 2.81. The van der Waals surface area contributed by atoms with Gasteiger partial charge in [0.05, 0.1) is 0 Å². The Morgan fingerprint density at radius 2 is 2.25 bits per heavy atom. The first-order chi connectivity index (χ1) is 1.91. The summed E-state index contributed by atoms with van der Waals surface area (Å²) in [5.74, 6) is 0. The van der Waals surface area contributed by atoms with Crippen molar-refractivity contribution in [2.45, 2.75) is 0 Å². The maximum Gasteiger partial charge on any atom is 0.434 e. The Bertz CT molecular complexity index is 20.0. The van der Waals surface area contributed by atoms with Gasteiger partial charge in [-0.05, 0) is 0 Å². The van der Waals surface area contributed by atoms with Crippen LogP contribution in [0, 0.1) is 0 Å². The van der Waals surface area contributed by atoms with Crippen molar-refractivity contribution in [2.75, 3.05) is 7.11 Å². The van der Waals surface area contributed by atoms with Crippen molar-refractivity contribution < 1.29 is 4.74 Å². The SMILES string of the molecule is C[OH+][C]=S. The minimum atomic E-state index is 1.59. The first kappa shape index (κ1) is 3.89. The third-order valence-electron chi connectivity index (χ3n) is 0.0913. The summed E-state index contributed by atoms with van der Waals surface area (Å²) in [5.41, 5.74) is 2.14. The average Bonchev–Trinajstić information content (AvgIpc) is 1.37. The molecule has 0 aliphatic heterocycles. The smallest absolute Gasteiger partial charge is 0.434 e. The lowest BCUT2D eigenvalue weighted by Gasteiger charge is -1.67. The molecule has 0 bridgehead atoms. The molecule has 0 unspecified atom stereocenters. The van der Waals surface area contributed by atoms with Crippen molar-refractivity contribution >= 4 is 17.8 Å². The molecule has 1 N–H and O–H groups in total. The van der Waals surface area contributed by atoms with Crippen LogP contribution in [0.5, 0.6) is 0 Å². The maximum absolute atomic E-state index is 4.14. The minimum Gasteiger partial charge on any atom is -0.569 e. The lowest BCUT2D eigenvalue weighted by molar-refractivity contribution is 0.218. The molecule has 1 nitrogen and oxygen atoms in total. The number of ether oxygens (including phenoxy) is 1. The maximum atomic E-state index is 4.14. The molecule has 0 saturated carbocycles. The lowest BCUT2D eigenvalue weighted by atomic mass is 11.5. The van der Waals surface area contributed by atoms with Gasteiger partial charge in [0.1, 0.15) is 0 Å². The van der Waals surface area contributed by atoms with Gasteiger partial charge < -0.3 is 4.74 Å². The van der Waals surface area contributed by atoms with Crippen molar-refractivity contribution in [3.63, 3.8) is 0 Å². The molecule has 0 spiro atoms. The van der Waals surface area contributed by atoms with Gasteiger partial charge >= 0.3 is 5.55 Å². The second-order valence-electron chi connectivity index (χ2n) is 0.315. The zero-order valence-electron chi connectivity index (χ0n) is 2.36. The molecule has 0 saturated heterocycles. The van der Waals surface area contributed by atoms with E-state index < -0.39 is 0 Å². The fraction of sp³-hybridized carbons (Fsp3) is 0.500. The van der Waals surface area contributed by atoms with E-state index in [2.05, 4.69) is 22.5 Å². The Labute approximate surface area is 30.6 Å². The topological polar surface area (TPSA) is 12.8 Å². The number of hydrogen-bond donors (Lipinski definition) is 0. The molecular formula is C2H4OS+. The lowest BCUT2D eigenvalue weighted by Crippen LogP contribution is -1.74. The molecule has 0 aromatic carbocycles. The number of hydrogen-bond acceptors (Lipinski definition) is 1. The molecule has 1 radical (unpaired) electrons. The molecule has 0 amide bonds. The van der Waals surface area contributed by atoms with Gasteiger partial charge in [-0.2, -0.15) is 0 Å². The summed E-state index contributed by atoms with van der Waals surface area (Å²) >= 11 is 4.14. The van der Waals surface area contributed by atoms with E-state index >= 15 is 0 Å². The molecule has 0 aromatic heterocycles. The van der Waals surface area contributed by atoms with Crippen molar-refractivity contribution in [3.8, 4) is 0 Å². The van der Waals surface area contributed by atoms with Crippen LogP contribution in [-0.4, -0.2) is 17.4 Å². The molecule has 0 heterocycles. The molecular weight excluding hydrogens is 72.1 g/mol. The zero-order valence-corrected chi connectivity index (χ0v) is 3.17. The monoisotopic (exact) mass is 76.0 g/mol. The van der Waals surface area contributed by atoms with Crippen LogP contribution in [-0.2, 0) is 0 Å². The molecule has 0 aliphatic carbocycles. The minimum absolute atomic E-state index is 1.59.